The Balaban J connectivity index is 2.28. The summed E-state index contributed by atoms with van der Waals surface area (Å²) in [6.07, 6.45) is 1.35. The maximum atomic E-state index is 13.2. The second kappa shape index (κ2) is 5.06. The highest BCUT2D eigenvalue weighted by Gasteiger charge is 2.11. The standard InChI is InChI=1S/C14H13FN2O2/c1-8-3-10(15)6-11(4-8)17-14(19)12-7-16-9(2)5-13(12)18/h3-7H,1-2H3,(H,16,18)(H,17,19). The third kappa shape index (κ3) is 3.07. The normalized spacial score (nSPS) is 10.3. The summed E-state index contributed by atoms with van der Waals surface area (Å²) >= 11 is 0. The molecule has 0 atom stereocenters. The lowest BCUT2D eigenvalue weighted by Gasteiger charge is -2.06. The Morgan fingerprint density at radius 2 is 1.95 bits per heavy atom. The van der Waals surface area contributed by atoms with Crippen molar-refractivity contribution in [3.05, 3.63) is 63.3 Å². The second-order valence-electron chi connectivity index (χ2n) is 4.37. The number of carbonyl (C=O) groups excluding carboxylic acids is 1. The van der Waals surface area contributed by atoms with Gasteiger partial charge in [0.05, 0.1) is 0 Å². The lowest BCUT2D eigenvalue weighted by molar-refractivity contribution is 0.102. The van der Waals surface area contributed by atoms with Gasteiger partial charge in [0.15, 0.2) is 5.43 Å². The van der Waals surface area contributed by atoms with Crippen LogP contribution in [0.2, 0.25) is 0 Å². The molecule has 4 nitrogen and oxygen atoms in total. The zero-order valence-corrected chi connectivity index (χ0v) is 10.6. The van der Waals surface area contributed by atoms with E-state index in [2.05, 4.69) is 10.3 Å². The van der Waals surface area contributed by atoms with Crippen LogP contribution >= 0.6 is 0 Å². The Labute approximate surface area is 109 Å². The van der Waals surface area contributed by atoms with Gasteiger partial charge in [0.25, 0.3) is 5.91 Å². The van der Waals surface area contributed by atoms with E-state index in [4.69, 9.17) is 0 Å². The van der Waals surface area contributed by atoms with Crippen LogP contribution < -0.4 is 10.7 Å². The number of aryl methyl sites for hydroxylation is 2. The van der Waals surface area contributed by atoms with Crippen molar-refractivity contribution >= 4 is 11.6 Å². The zero-order chi connectivity index (χ0) is 14.0. The molecule has 0 aliphatic heterocycles. The smallest absolute Gasteiger partial charge is 0.261 e. The monoisotopic (exact) mass is 260 g/mol. The van der Waals surface area contributed by atoms with Crippen LogP contribution in [0, 0.1) is 19.7 Å². The fourth-order valence-corrected chi connectivity index (χ4v) is 1.76. The maximum Gasteiger partial charge on any atom is 0.261 e. The van der Waals surface area contributed by atoms with Crippen LogP contribution in [-0.2, 0) is 0 Å². The number of benzene rings is 1. The molecule has 0 spiro atoms. The minimum absolute atomic E-state index is 0.00693. The molecule has 5 heteroatoms. The Hall–Kier alpha value is -2.43. The Morgan fingerprint density at radius 3 is 2.58 bits per heavy atom. The van der Waals surface area contributed by atoms with Gasteiger partial charge in [0.2, 0.25) is 0 Å². The molecule has 1 heterocycles. The average Bonchev–Trinajstić information content (AvgIpc) is 2.26. The number of hydrogen-bond acceptors (Lipinski definition) is 2. The summed E-state index contributed by atoms with van der Waals surface area (Å²) in [6, 6.07) is 5.52. The highest BCUT2D eigenvalue weighted by Crippen LogP contribution is 2.13. The molecule has 1 amide bonds. The summed E-state index contributed by atoms with van der Waals surface area (Å²) < 4.78 is 13.2. The summed E-state index contributed by atoms with van der Waals surface area (Å²) in [6.45, 7) is 3.44. The van der Waals surface area contributed by atoms with E-state index in [1.54, 1.807) is 19.9 Å². The average molecular weight is 260 g/mol. The molecule has 98 valence electrons. The van der Waals surface area contributed by atoms with Gasteiger partial charge in [-0.2, -0.15) is 0 Å². The fourth-order valence-electron chi connectivity index (χ4n) is 1.76. The van der Waals surface area contributed by atoms with Crippen molar-refractivity contribution in [2.24, 2.45) is 0 Å². The largest absolute Gasteiger partial charge is 0.364 e. The van der Waals surface area contributed by atoms with Gasteiger partial charge < -0.3 is 10.3 Å². The van der Waals surface area contributed by atoms with E-state index in [9.17, 15) is 14.0 Å². The number of carbonyl (C=O) groups is 1. The minimum atomic E-state index is -0.564. The van der Waals surface area contributed by atoms with E-state index in [1.165, 1.54) is 24.4 Å². The molecule has 2 N–H and O–H groups in total. The third-order valence-corrected chi connectivity index (χ3v) is 2.60. The molecule has 19 heavy (non-hydrogen) atoms. The molecule has 2 aromatic rings. The zero-order valence-electron chi connectivity index (χ0n) is 10.6. The van der Waals surface area contributed by atoms with Crippen LogP contribution in [0.15, 0.2) is 35.3 Å². The quantitative estimate of drug-likeness (QED) is 0.870. The number of rotatable bonds is 2. The van der Waals surface area contributed by atoms with Gasteiger partial charge in [0.1, 0.15) is 11.4 Å². The molecular weight excluding hydrogens is 247 g/mol. The summed E-state index contributed by atoms with van der Waals surface area (Å²) in [7, 11) is 0. The molecule has 0 unspecified atom stereocenters. The Kier molecular flexibility index (Phi) is 3.46. The van der Waals surface area contributed by atoms with Crippen LogP contribution in [0.4, 0.5) is 10.1 Å². The molecule has 0 saturated heterocycles. The van der Waals surface area contributed by atoms with Gasteiger partial charge in [-0.3, -0.25) is 9.59 Å². The van der Waals surface area contributed by atoms with Crippen molar-refractivity contribution in [1.29, 1.82) is 0 Å². The Morgan fingerprint density at radius 1 is 1.21 bits per heavy atom. The number of H-pyrrole nitrogens is 1. The van der Waals surface area contributed by atoms with E-state index in [0.717, 1.165) is 0 Å². The summed E-state index contributed by atoms with van der Waals surface area (Å²) in [5.41, 5.74) is 1.30. The topological polar surface area (TPSA) is 62.0 Å². The van der Waals surface area contributed by atoms with Gasteiger partial charge in [-0.05, 0) is 37.6 Å². The van der Waals surface area contributed by atoms with Crippen LogP contribution in [0.25, 0.3) is 0 Å². The van der Waals surface area contributed by atoms with Crippen molar-refractivity contribution < 1.29 is 9.18 Å². The van der Waals surface area contributed by atoms with E-state index >= 15 is 0 Å². The van der Waals surface area contributed by atoms with Crippen molar-refractivity contribution in [3.8, 4) is 0 Å². The number of anilines is 1. The van der Waals surface area contributed by atoms with Crippen LogP contribution in [0.5, 0.6) is 0 Å². The highest BCUT2D eigenvalue weighted by atomic mass is 19.1. The van der Waals surface area contributed by atoms with Crippen LogP contribution in [0.1, 0.15) is 21.6 Å². The molecule has 0 saturated carbocycles. The summed E-state index contributed by atoms with van der Waals surface area (Å²) in [5.74, 6) is -1.00. The van der Waals surface area contributed by atoms with Gasteiger partial charge >= 0.3 is 0 Å². The van der Waals surface area contributed by atoms with E-state index in [-0.39, 0.29) is 11.0 Å². The van der Waals surface area contributed by atoms with Gasteiger partial charge in [-0.1, -0.05) is 0 Å². The molecule has 0 aliphatic rings. The summed E-state index contributed by atoms with van der Waals surface area (Å²) in [5, 5.41) is 2.50. The first-order valence-corrected chi connectivity index (χ1v) is 5.73. The molecule has 0 radical (unpaired) electrons. The third-order valence-electron chi connectivity index (χ3n) is 2.60. The first kappa shape index (κ1) is 13.0. The lowest BCUT2D eigenvalue weighted by atomic mass is 10.2. The van der Waals surface area contributed by atoms with Crippen LogP contribution in [0.3, 0.4) is 0 Å². The number of pyridine rings is 1. The second-order valence-corrected chi connectivity index (χ2v) is 4.37. The molecule has 2 rings (SSSR count). The molecule has 0 aliphatic carbocycles. The Bertz CT molecular complexity index is 672. The first-order chi connectivity index (χ1) is 8.95. The highest BCUT2D eigenvalue weighted by molar-refractivity contribution is 6.04. The number of aromatic amines is 1. The number of amides is 1. The SMILES string of the molecule is Cc1cc(F)cc(NC(=O)c2c[nH]c(C)cc2=O)c1. The van der Waals surface area contributed by atoms with E-state index in [1.807, 2.05) is 0 Å². The lowest BCUT2D eigenvalue weighted by Crippen LogP contribution is -2.21. The molecule has 1 aromatic carbocycles. The number of nitrogens with one attached hydrogen (secondary N) is 2. The minimum Gasteiger partial charge on any atom is -0.364 e. The molecule has 0 fully saturated rings. The predicted octanol–water partition coefficient (Wildman–Crippen LogP) is 2.38. The first-order valence-electron chi connectivity index (χ1n) is 5.73. The fraction of sp³-hybridized carbons (Fsp3) is 0.143. The van der Waals surface area contributed by atoms with Gasteiger partial charge in [-0.25, -0.2) is 4.39 Å². The number of hydrogen-bond donors (Lipinski definition) is 2. The summed E-state index contributed by atoms with van der Waals surface area (Å²) in [4.78, 5) is 26.4. The van der Waals surface area contributed by atoms with Crippen molar-refractivity contribution in [1.82, 2.24) is 4.98 Å². The van der Waals surface area contributed by atoms with Crippen LogP contribution in [-0.4, -0.2) is 10.9 Å². The van der Waals surface area contributed by atoms with E-state index in [0.29, 0.717) is 16.9 Å². The number of aromatic nitrogens is 1. The van der Waals surface area contributed by atoms with Crippen molar-refractivity contribution in [2.45, 2.75) is 13.8 Å². The van der Waals surface area contributed by atoms with Gasteiger partial charge in [0, 0.05) is 23.6 Å². The molecular formula is C14H13FN2O2. The van der Waals surface area contributed by atoms with Gasteiger partial charge in [-0.15, -0.1) is 0 Å². The van der Waals surface area contributed by atoms with E-state index < -0.39 is 11.7 Å². The number of halogens is 1. The predicted molar refractivity (Wildman–Crippen MR) is 70.9 cm³/mol. The molecule has 1 aromatic heterocycles. The van der Waals surface area contributed by atoms with Crippen molar-refractivity contribution in [2.75, 3.05) is 5.32 Å². The molecule has 0 bridgehead atoms. The van der Waals surface area contributed by atoms with Crippen molar-refractivity contribution in [3.63, 3.8) is 0 Å². The maximum absolute atomic E-state index is 13.2.